The van der Waals surface area contributed by atoms with Gasteiger partial charge in [0.2, 0.25) is 0 Å². The quantitative estimate of drug-likeness (QED) is 0.692. The third-order valence-corrected chi connectivity index (χ3v) is 4.06. The minimum atomic E-state index is -4.29. The molecule has 1 aromatic carbocycles. The number of rotatable bonds is 5. The summed E-state index contributed by atoms with van der Waals surface area (Å²) in [6, 6.07) is 5.22. The van der Waals surface area contributed by atoms with Crippen molar-refractivity contribution in [3.05, 3.63) is 64.2 Å². The van der Waals surface area contributed by atoms with Crippen LogP contribution in [0.3, 0.4) is 0 Å². The van der Waals surface area contributed by atoms with Gasteiger partial charge in [0.25, 0.3) is 5.91 Å². The summed E-state index contributed by atoms with van der Waals surface area (Å²) in [4.78, 5) is 17.0. The number of aryl methyl sites for hydroxylation is 2. The highest BCUT2D eigenvalue weighted by molar-refractivity contribution is 6.31. The van der Waals surface area contributed by atoms with Gasteiger partial charge in [-0.1, -0.05) is 17.7 Å². The van der Waals surface area contributed by atoms with Crippen molar-refractivity contribution in [1.29, 1.82) is 0 Å². The molecule has 1 aliphatic heterocycles. The molecule has 1 aromatic heterocycles. The molecule has 3 nitrogen and oxygen atoms in total. The zero-order valence-electron chi connectivity index (χ0n) is 24.3. The molecular weight excluding hydrogens is 370 g/mol. The molecule has 1 saturated heterocycles. The van der Waals surface area contributed by atoms with Crippen molar-refractivity contribution in [2.75, 3.05) is 13.0 Å². The molecule has 27 heavy (non-hydrogen) atoms. The number of carbonyl (C=O) groups excluding carboxylic acids is 1. The van der Waals surface area contributed by atoms with E-state index in [1.807, 2.05) is 0 Å². The van der Waals surface area contributed by atoms with Crippen LogP contribution >= 0.6 is 11.6 Å². The van der Waals surface area contributed by atoms with E-state index in [0.717, 1.165) is 18.2 Å². The van der Waals surface area contributed by atoms with Crippen LogP contribution in [0.4, 0.5) is 8.78 Å². The van der Waals surface area contributed by atoms with E-state index in [-0.39, 0.29) is 10.6 Å². The third kappa shape index (κ3) is 5.04. The minimum Gasteiger partial charge on any atom is -0.338 e. The second-order valence-electron chi connectivity index (χ2n) is 5.84. The van der Waals surface area contributed by atoms with E-state index >= 15 is 4.39 Å². The molecule has 1 fully saturated rings. The van der Waals surface area contributed by atoms with Gasteiger partial charge in [-0.2, -0.15) is 0 Å². The van der Waals surface area contributed by atoms with Gasteiger partial charge < -0.3 is 4.90 Å². The molecule has 3 rings (SSSR count). The molecule has 1 unspecified atom stereocenters. The van der Waals surface area contributed by atoms with Crippen molar-refractivity contribution in [1.82, 2.24) is 9.88 Å². The minimum absolute atomic E-state index is 0.0701. The van der Waals surface area contributed by atoms with Crippen molar-refractivity contribution in [3.8, 4) is 0 Å². The predicted molar refractivity (Wildman–Crippen MR) is 102 cm³/mol. The summed E-state index contributed by atoms with van der Waals surface area (Å²) in [7, 11) is 0. The van der Waals surface area contributed by atoms with E-state index in [1.165, 1.54) is 18.3 Å². The highest BCUT2D eigenvalue weighted by Gasteiger charge is 2.35. The molecule has 0 N–H and O–H groups in total. The summed E-state index contributed by atoms with van der Waals surface area (Å²) < 4.78 is 113. The maximum absolute atomic E-state index is 16.7. The molecule has 6 heteroatoms. The molecule has 0 bridgehead atoms. The lowest BCUT2D eigenvalue weighted by molar-refractivity contribution is 0.0389. The Morgan fingerprint density at radius 3 is 2.93 bits per heavy atom. The first kappa shape index (κ1) is 10.5. The van der Waals surface area contributed by atoms with Gasteiger partial charge >= 0.3 is 0 Å². The smallest absolute Gasteiger partial charge is 0.253 e. The number of halogens is 3. The first-order chi connectivity index (χ1) is 16.6. The third-order valence-electron chi connectivity index (χ3n) is 3.77. The van der Waals surface area contributed by atoms with Crippen molar-refractivity contribution in [3.63, 3.8) is 0 Å². The molecule has 1 atom stereocenters. The molecule has 1 amide bonds. The summed E-state index contributed by atoms with van der Waals surface area (Å²) >= 11 is 5.67. The molecule has 2 heterocycles. The number of pyridine rings is 1. The Hall–Kier alpha value is -2.01. The van der Waals surface area contributed by atoms with Crippen LogP contribution in [0, 0.1) is 12.7 Å². The summed E-state index contributed by atoms with van der Waals surface area (Å²) in [5, 5.41) is -0.516. The lowest BCUT2D eigenvalue weighted by atomic mass is 9.87. The summed E-state index contributed by atoms with van der Waals surface area (Å²) in [5.74, 6) is -2.24. The van der Waals surface area contributed by atoms with Crippen molar-refractivity contribution >= 4 is 17.5 Å². The molecule has 0 aliphatic carbocycles. The van der Waals surface area contributed by atoms with Gasteiger partial charge in [-0.3, -0.25) is 9.78 Å². The fourth-order valence-electron chi connectivity index (χ4n) is 2.26. The normalized spacial score (nSPS) is 32.1. The van der Waals surface area contributed by atoms with Crippen LogP contribution in [-0.2, 0) is 6.37 Å². The molecule has 0 radical (unpaired) electrons. The number of aromatic nitrogens is 1. The summed E-state index contributed by atoms with van der Waals surface area (Å²) in [5.41, 5.74) is -4.37. The zero-order valence-corrected chi connectivity index (χ0v) is 15.1. The standard InChI is InChI=1S/C21H23ClF2N2O/c1-15-4-6-17(25-14-15)3-2-8-21(24)9-11-26(12-10-21)20(27)16-5-7-19(23)18(22)13-16/h4-7,13-14H,2-3,8-12H2,1H3/i3D2,8D2,9D2,10D2,11D2. The lowest BCUT2D eigenvalue weighted by Crippen LogP contribution is -2.44. The molecular formula is C21H23ClF2N2O. The predicted octanol–water partition coefficient (Wildman–Crippen LogP) is 5.15. The number of benzene rings is 1. The first-order valence-corrected chi connectivity index (χ1v) is 8.39. The summed E-state index contributed by atoms with van der Waals surface area (Å²) in [6.45, 7) is -3.40. The largest absolute Gasteiger partial charge is 0.338 e. The molecule has 0 saturated carbocycles. The van der Waals surface area contributed by atoms with Gasteiger partial charge in [0.1, 0.15) is 11.5 Å². The maximum atomic E-state index is 16.7. The maximum Gasteiger partial charge on any atom is 0.253 e. The average Bonchev–Trinajstić information content (AvgIpc) is 2.76. The van der Waals surface area contributed by atoms with E-state index in [2.05, 4.69) is 4.98 Å². The Morgan fingerprint density at radius 1 is 1.41 bits per heavy atom. The Labute approximate surface area is 177 Å². The number of nitrogens with zero attached hydrogens (tertiary/aromatic N) is 2. The van der Waals surface area contributed by atoms with Gasteiger partial charge in [0.05, 0.1) is 5.02 Å². The van der Waals surface area contributed by atoms with E-state index < -0.39 is 72.9 Å². The molecule has 2 aromatic rings. The number of amides is 1. The van der Waals surface area contributed by atoms with Crippen molar-refractivity contribution in [2.45, 2.75) is 44.5 Å². The van der Waals surface area contributed by atoms with Crippen LogP contribution < -0.4 is 0 Å². The lowest BCUT2D eigenvalue weighted by Gasteiger charge is -2.36. The SMILES string of the molecule is [2H]C([2H])(CC([2H])([2H])C1(F)C([2H])([2H])CN(C(=O)c2ccc(F)c(Cl)c2)C([2H])([2H])C1([2H])[2H])c1ccc(C)cn1. The Morgan fingerprint density at radius 2 is 2.22 bits per heavy atom. The first-order valence-electron chi connectivity index (χ1n) is 13.0. The second-order valence-corrected chi connectivity index (χ2v) is 6.25. The van der Waals surface area contributed by atoms with E-state index in [1.54, 1.807) is 6.92 Å². The number of hydrogen-bond donors (Lipinski definition) is 0. The van der Waals surface area contributed by atoms with Gasteiger partial charge in [0, 0.05) is 44.2 Å². The van der Waals surface area contributed by atoms with E-state index in [4.69, 9.17) is 25.3 Å². The number of alkyl halides is 1. The monoisotopic (exact) mass is 402 g/mol. The number of carbonyl (C=O) groups is 1. The van der Waals surface area contributed by atoms with E-state index in [9.17, 15) is 9.18 Å². The average molecular weight is 403 g/mol. The Balaban J connectivity index is 2.08. The Kier molecular flexibility index (Phi) is 3.25. The van der Waals surface area contributed by atoms with Crippen LogP contribution in [-0.4, -0.2) is 34.5 Å². The summed E-state index contributed by atoms with van der Waals surface area (Å²) in [6.07, 6.45) is -14.1. The number of piperidine rings is 1. The van der Waals surface area contributed by atoms with Gasteiger partial charge in [-0.25, -0.2) is 8.78 Å². The molecule has 144 valence electrons. The zero-order chi connectivity index (χ0) is 28.4. The second kappa shape index (κ2) is 8.34. The Bertz CT molecular complexity index is 1210. The van der Waals surface area contributed by atoms with Gasteiger partial charge in [0.15, 0.2) is 0 Å². The molecule has 0 spiro atoms. The molecule has 1 aliphatic rings. The highest BCUT2D eigenvalue weighted by atomic mass is 35.5. The fraction of sp³-hybridized carbons (Fsp3) is 0.429. The number of hydrogen-bond acceptors (Lipinski definition) is 2. The van der Waals surface area contributed by atoms with Gasteiger partial charge in [-0.15, -0.1) is 0 Å². The van der Waals surface area contributed by atoms with Crippen LogP contribution in [0.2, 0.25) is 5.02 Å². The highest BCUT2D eigenvalue weighted by Crippen LogP contribution is 2.32. The van der Waals surface area contributed by atoms with E-state index in [0.29, 0.717) is 5.56 Å². The topological polar surface area (TPSA) is 33.2 Å². The fourth-order valence-corrected chi connectivity index (χ4v) is 2.44. The van der Waals surface area contributed by atoms with Crippen LogP contribution in [0.1, 0.15) is 60.9 Å². The number of likely N-dealkylation sites (tertiary alicyclic amines) is 1. The van der Waals surface area contributed by atoms with Crippen LogP contribution in [0.25, 0.3) is 0 Å². The van der Waals surface area contributed by atoms with Crippen molar-refractivity contribution < 1.29 is 27.3 Å². The van der Waals surface area contributed by atoms with Crippen LogP contribution in [0.5, 0.6) is 0 Å². The van der Waals surface area contributed by atoms with Crippen LogP contribution in [0.15, 0.2) is 36.5 Å². The van der Waals surface area contributed by atoms with Crippen molar-refractivity contribution in [2.24, 2.45) is 0 Å². The van der Waals surface area contributed by atoms with Gasteiger partial charge in [-0.05, 0) is 68.7 Å².